The highest BCUT2D eigenvalue weighted by atomic mass is 16.5. The standard InChI is InChI=1S/C28H34N2O5/c1-5-29(6-2)13-8-14-30-25(19-9-7-10-22(17-19)34-4)24(27(32)28(30)33)26(31)20-11-12-23-21(16-20)15-18(3)35-23/h7,9-12,16-18,25,31H,5-6,8,13-15H2,1-4H3/t18-,25+/m0/s1. The van der Waals surface area contributed by atoms with Gasteiger partial charge in [-0.25, -0.2) is 0 Å². The molecule has 1 N–H and O–H groups in total. The van der Waals surface area contributed by atoms with Crippen LogP contribution in [0.2, 0.25) is 0 Å². The van der Waals surface area contributed by atoms with Crippen molar-refractivity contribution in [2.75, 3.05) is 33.3 Å². The van der Waals surface area contributed by atoms with E-state index < -0.39 is 17.7 Å². The van der Waals surface area contributed by atoms with Crippen molar-refractivity contribution in [2.45, 2.75) is 45.8 Å². The minimum absolute atomic E-state index is 0.0653. The first-order chi connectivity index (χ1) is 16.9. The first-order valence-electron chi connectivity index (χ1n) is 12.3. The molecular formula is C28H34N2O5. The van der Waals surface area contributed by atoms with Gasteiger partial charge in [0.05, 0.1) is 18.7 Å². The summed E-state index contributed by atoms with van der Waals surface area (Å²) in [7, 11) is 1.58. The lowest BCUT2D eigenvalue weighted by Crippen LogP contribution is -2.33. The van der Waals surface area contributed by atoms with E-state index in [4.69, 9.17) is 9.47 Å². The van der Waals surface area contributed by atoms with E-state index in [1.807, 2.05) is 43.3 Å². The van der Waals surface area contributed by atoms with Crippen molar-refractivity contribution in [2.24, 2.45) is 0 Å². The smallest absolute Gasteiger partial charge is 0.295 e. The number of fused-ring (bicyclic) bond motifs is 1. The van der Waals surface area contributed by atoms with Crippen LogP contribution >= 0.6 is 0 Å². The molecule has 35 heavy (non-hydrogen) atoms. The van der Waals surface area contributed by atoms with E-state index in [1.165, 1.54) is 0 Å². The van der Waals surface area contributed by atoms with Crippen LogP contribution in [-0.4, -0.2) is 66.0 Å². The number of Topliss-reactive ketones (excluding diaryl/α,β-unsaturated/α-hetero) is 1. The van der Waals surface area contributed by atoms with E-state index >= 15 is 0 Å². The summed E-state index contributed by atoms with van der Waals surface area (Å²) in [6, 6.07) is 12.0. The van der Waals surface area contributed by atoms with Crippen molar-refractivity contribution in [1.82, 2.24) is 9.80 Å². The second kappa shape index (κ2) is 10.5. The molecule has 2 atom stereocenters. The van der Waals surface area contributed by atoms with Crippen molar-refractivity contribution >= 4 is 17.4 Å². The molecule has 186 valence electrons. The van der Waals surface area contributed by atoms with Crippen LogP contribution in [0.15, 0.2) is 48.0 Å². The van der Waals surface area contributed by atoms with Gasteiger partial charge in [-0.15, -0.1) is 0 Å². The maximum atomic E-state index is 13.3. The molecule has 2 aliphatic rings. The third-order valence-electron chi connectivity index (χ3n) is 6.89. The molecule has 2 aromatic rings. The van der Waals surface area contributed by atoms with Gasteiger partial charge in [-0.05, 0) is 74.4 Å². The number of benzene rings is 2. The molecular weight excluding hydrogens is 444 g/mol. The van der Waals surface area contributed by atoms with Gasteiger partial charge in [0.2, 0.25) is 0 Å². The Bertz CT molecular complexity index is 1140. The Labute approximate surface area is 206 Å². The zero-order valence-corrected chi connectivity index (χ0v) is 20.9. The second-order valence-corrected chi connectivity index (χ2v) is 9.10. The molecule has 0 spiro atoms. The zero-order valence-electron chi connectivity index (χ0n) is 20.9. The predicted octanol–water partition coefficient (Wildman–Crippen LogP) is 4.17. The Morgan fingerprint density at radius 3 is 2.66 bits per heavy atom. The first kappa shape index (κ1) is 24.8. The summed E-state index contributed by atoms with van der Waals surface area (Å²) in [6.45, 7) is 9.29. The zero-order chi connectivity index (χ0) is 25.1. The summed E-state index contributed by atoms with van der Waals surface area (Å²) in [5.74, 6) is 0.000203. The maximum absolute atomic E-state index is 13.3. The quantitative estimate of drug-likeness (QED) is 0.331. The molecule has 4 rings (SSSR count). The van der Waals surface area contributed by atoms with Gasteiger partial charge in [-0.3, -0.25) is 9.59 Å². The average Bonchev–Trinajstić information content (AvgIpc) is 3.37. The van der Waals surface area contributed by atoms with Crippen molar-refractivity contribution in [3.63, 3.8) is 0 Å². The number of likely N-dealkylation sites (tertiary alicyclic amines) is 1. The van der Waals surface area contributed by atoms with Crippen molar-refractivity contribution < 1.29 is 24.2 Å². The third kappa shape index (κ3) is 4.91. The SMILES string of the molecule is CCN(CC)CCCN1C(=O)C(=O)C(=C(O)c2ccc3c(c2)C[C@H](C)O3)[C@H]1c1cccc(OC)c1. The number of amides is 1. The number of methoxy groups -OCH3 is 1. The van der Waals surface area contributed by atoms with E-state index in [2.05, 4.69) is 18.7 Å². The van der Waals surface area contributed by atoms with E-state index in [0.29, 0.717) is 17.9 Å². The topological polar surface area (TPSA) is 79.3 Å². The number of ether oxygens (including phenoxy) is 2. The lowest BCUT2D eigenvalue weighted by atomic mass is 9.94. The lowest BCUT2D eigenvalue weighted by Gasteiger charge is -2.27. The van der Waals surface area contributed by atoms with Crippen LogP contribution in [0.25, 0.3) is 5.76 Å². The highest BCUT2D eigenvalue weighted by Gasteiger charge is 2.46. The molecule has 2 aliphatic heterocycles. The number of ketones is 1. The van der Waals surface area contributed by atoms with E-state index in [9.17, 15) is 14.7 Å². The van der Waals surface area contributed by atoms with Crippen LogP contribution in [0.5, 0.6) is 11.5 Å². The number of rotatable bonds is 9. The van der Waals surface area contributed by atoms with Gasteiger partial charge in [0.25, 0.3) is 11.7 Å². The van der Waals surface area contributed by atoms with Crippen LogP contribution in [0.3, 0.4) is 0 Å². The Morgan fingerprint density at radius 1 is 1.17 bits per heavy atom. The number of carbonyl (C=O) groups is 2. The van der Waals surface area contributed by atoms with Crippen molar-refractivity contribution in [1.29, 1.82) is 0 Å². The molecule has 0 aromatic heterocycles. The fourth-order valence-corrected chi connectivity index (χ4v) is 5.00. The summed E-state index contributed by atoms with van der Waals surface area (Å²) in [5, 5.41) is 11.4. The number of hydrogen-bond acceptors (Lipinski definition) is 6. The van der Waals surface area contributed by atoms with Gasteiger partial charge in [0.1, 0.15) is 23.4 Å². The van der Waals surface area contributed by atoms with Gasteiger partial charge in [-0.2, -0.15) is 0 Å². The number of aliphatic hydroxyl groups excluding tert-OH is 1. The Hall–Kier alpha value is -3.32. The molecule has 1 saturated heterocycles. The third-order valence-corrected chi connectivity index (χ3v) is 6.89. The Morgan fingerprint density at radius 2 is 1.94 bits per heavy atom. The van der Waals surface area contributed by atoms with Crippen molar-refractivity contribution in [3.05, 3.63) is 64.7 Å². The lowest BCUT2D eigenvalue weighted by molar-refractivity contribution is -0.140. The van der Waals surface area contributed by atoms with Gasteiger partial charge >= 0.3 is 0 Å². The number of nitrogens with zero attached hydrogens (tertiary/aromatic N) is 2. The summed E-state index contributed by atoms with van der Waals surface area (Å²) < 4.78 is 11.2. The molecule has 7 heteroatoms. The van der Waals surface area contributed by atoms with Crippen LogP contribution in [0, 0.1) is 0 Å². The molecule has 1 amide bonds. The predicted molar refractivity (Wildman–Crippen MR) is 135 cm³/mol. The summed E-state index contributed by atoms with van der Waals surface area (Å²) in [4.78, 5) is 30.4. The maximum Gasteiger partial charge on any atom is 0.295 e. The largest absolute Gasteiger partial charge is 0.507 e. The summed E-state index contributed by atoms with van der Waals surface area (Å²) >= 11 is 0. The van der Waals surface area contributed by atoms with Crippen LogP contribution < -0.4 is 9.47 Å². The molecule has 2 heterocycles. The highest BCUT2D eigenvalue weighted by Crippen LogP contribution is 2.41. The minimum atomic E-state index is -0.690. The molecule has 1 fully saturated rings. The number of aliphatic hydroxyl groups is 1. The van der Waals surface area contributed by atoms with Gasteiger partial charge in [-0.1, -0.05) is 26.0 Å². The molecule has 0 bridgehead atoms. The first-order valence-corrected chi connectivity index (χ1v) is 12.3. The molecule has 7 nitrogen and oxygen atoms in total. The number of hydrogen-bond donors (Lipinski definition) is 1. The molecule has 0 saturated carbocycles. The second-order valence-electron chi connectivity index (χ2n) is 9.10. The molecule has 2 aromatic carbocycles. The van der Waals surface area contributed by atoms with Gasteiger partial charge < -0.3 is 24.4 Å². The van der Waals surface area contributed by atoms with Crippen LogP contribution in [0.1, 0.15) is 49.9 Å². The number of carbonyl (C=O) groups excluding carboxylic acids is 2. The van der Waals surface area contributed by atoms with Gasteiger partial charge in [0.15, 0.2) is 0 Å². The Kier molecular flexibility index (Phi) is 7.45. The Balaban J connectivity index is 1.75. The normalized spacial score (nSPS) is 20.9. The van der Waals surface area contributed by atoms with E-state index in [0.717, 1.165) is 49.4 Å². The molecule has 0 aliphatic carbocycles. The highest BCUT2D eigenvalue weighted by molar-refractivity contribution is 6.46. The van der Waals surface area contributed by atoms with E-state index in [-0.39, 0.29) is 17.4 Å². The van der Waals surface area contributed by atoms with Crippen molar-refractivity contribution in [3.8, 4) is 11.5 Å². The van der Waals surface area contributed by atoms with E-state index in [1.54, 1.807) is 18.1 Å². The summed E-state index contributed by atoms with van der Waals surface area (Å²) in [5.41, 5.74) is 2.33. The monoisotopic (exact) mass is 478 g/mol. The van der Waals surface area contributed by atoms with Crippen LogP contribution in [-0.2, 0) is 16.0 Å². The molecule has 0 unspecified atom stereocenters. The fraction of sp³-hybridized carbons (Fsp3) is 0.429. The fourth-order valence-electron chi connectivity index (χ4n) is 5.00. The van der Waals surface area contributed by atoms with Gasteiger partial charge in [0, 0.05) is 18.5 Å². The van der Waals surface area contributed by atoms with Crippen LogP contribution in [0.4, 0.5) is 0 Å². The minimum Gasteiger partial charge on any atom is -0.507 e. The average molecular weight is 479 g/mol. The molecule has 0 radical (unpaired) electrons. The summed E-state index contributed by atoms with van der Waals surface area (Å²) in [6.07, 6.45) is 1.52.